The number of fused-ring (bicyclic) bond motifs is 1. The fraction of sp³-hybridized carbons (Fsp3) is 0.712. The summed E-state index contributed by atoms with van der Waals surface area (Å²) in [4.78, 5) is 44.9. The van der Waals surface area contributed by atoms with Crippen molar-refractivity contribution < 1.29 is 76.8 Å². The third-order valence-electron chi connectivity index (χ3n) is 17.9. The predicted octanol–water partition coefficient (Wildman–Crippen LogP) is 3.88. The van der Waals surface area contributed by atoms with Gasteiger partial charge in [-0.1, -0.05) is 45.0 Å². The summed E-state index contributed by atoms with van der Waals surface area (Å²) in [5.74, 6) is -4.92. The highest BCUT2D eigenvalue weighted by molar-refractivity contribution is 7.91. The highest BCUT2D eigenvalue weighted by atomic mass is 32.2. The maximum atomic E-state index is 14.7. The number of imide groups is 1. The molecule has 5 N–H and O–H groups in total. The molecule has 23 heteroatoms. The molecule has 22 nitrogen and oxygen atoms in total. The zero-order valence-electron chi connectivity index (χ0n) is 50.0. The molecular weight excluding hydrogens is 1080 g/mol. The van der Waals surface area contributed by atoms with Crippen molar-refractivity contribution in [2.24, 2.45) is 23.7 Å². The molecule has 2 aromatic carbocycles. The van der Waals surface area contributed by atoms with E-state index in [2.05, 4.69) is 10.3 Å². The summed E-state index contributed by atoms with van der Waals surface area (Å²) in [6.45, 7) is 19.4. The van der Waals surface area contributed by atoms with Gasteiger partial charge in [-0.2, -0.15) is 0 Å². The molecule has 458 valence electrons. The molecular formula is C59H90N6O16S. The number of aryl methyl sites for hydroxylation is 1. The second kappa shape index (κ2) is 26.4. The first-order valence-corrected chi connectivity index (χ1v) is 30.5. The summed E-state index contributed by atoms with van der Waals surface area (Å²) >= 11 is 0. The molecule has 0 spiro atoms. The fourth-order valence-corrected chi connectivity index (χ4v) is 14.3. The molecule has 1 unspecified atom stereocenters. The van der Waals surface area contributed by atoms with E-state index in [-0.39, 0.29) is 47.3 Å². The van der Waals surface area contributed by atoms with Crippen LogP contribution in [0.5, 0.6) is 5.75 Å². The molecule has 0 bridgehead atoms. The molecule has 0 radical (unpaired) electrons. The first kappa shape index (κ1) is 65.1. The first-order valence-electron chi connectivity index (χ1n) is 28.9. The van der Waals surface area contributed by atoms with Crippen LogP contribution in [0.4, 0.5) is 0 Å². The Morgan fingerprint density at radius 3 is 2.16 bits per heavy atom. The van der Waals surface area contributed by atoms with Gasteiger partial charge in [0.05, 0.1) is 69.9 Å². The zero-order valence-corrected chi connectivity index (χ0v) is 50.8. The Morgan fingerprint density at radius 1 is 0.890 bits per heavy atom. The summed E-state index contributed by atoms with van der Waals surface area (Å²) in [5, 5.41) is 68.9. The minimum atomic E-state index is -4.03. The van der Waals surface area contributed by atoms with Crippen LogP contribution >= 0.6 is 0 Å². The Kier molecular flexibility index (Phi) is 21.0. The largest absolute Gasteiger partial charge is 0.494 e. The molecule has 3 fully saturated rings. The van der Waals surface area contributed by atoms with E-state index in [0.717, 1.165) is 10.6 Å². The van der Waals surface area contributed by atoms with Gasteiger partial charge in [-0.15, -0.1) is 5.10 Å². The number of aliphatic hydroxyl groups excluding tert-OH is 3. The van der Waals surface area contributed by atoms with E-state index in [1.54, 1.807) is 58.4 Å². The Morgan fingerprint density at radius 2 is 1.54 bits per heavy atom. The molecule has 4 aliphatic heterocycles. The predicted molar refractivity (Wildman–Crippen MR) is 301 cm³/mol. The van der Waals surface area contributed by atoms with E-state index in [1.165, 1.54) is 50.4 Å². The van der Waals surface area contributed by atoms with Crippen LogP contribution in [0.25, 0.3) is 0 Å². The number of hydrogen-bond donors (Lipinski definition) is 5. The van der Waals surface area contributed by atoms with Crippen LogP contribution in [0, 0.1) is 23.7 Å². The normalized spacial score (nSPS) is 36.6. The van der Waals surface area contributed by atoms with E-state index in [4.69, 9.17) is 28.4 Å². The van der Waals surface area contributed by atoms with Crippen molar-refractivity contribution in [1.29, 1.82) is 0 Å². The molecule has 5 heterocycles. The summed E-state index contributed by atoms with van der Waals surface area (Å²) < 4.78 is 66.2. The zero-order chi connectivity index (χ0) is 60.4. The van der Waals surface area contributed by atoms with E-state index in [1.807, 2.05) is 50.9 Å². The number of carbonyl (C=O) groups is 3. The van der Waals surface area contributed by atoms with Crippen molar-refractivity contribution in [3.05, 3.63) is 71.5 Å². The summed E-state index contributed by atoms with van der Waals surface area (Å²) in [5.41, 5.74) is -3.47. The van der Waals surface area contributed by atoms with Crippen LogP contribution in [-0.2, 0) is 51.3 Å². The van der Waals surface area contributed by atoms with Gasteiger partial charge in [-0.25, -0.2) is 8.42 Å². The molecule has 18 atom stereocenters. The molecule has 3 aromatic rings. The Labute approximate surface area is 483 Å². The van der Waals surface area contributed by atoms with Crippen LogP contribution in [0.1, 0.15) is 128 Å². The quantitative estimate of drug-likeness (QED) is 0.0728. The van der Waals surface area contributed by atoms with E-state index >= 15 is 0 Å². The third kappa shape index (κ3) is 14.2. The van der Waals surface area contributed by atoms with Crippen LogP contribution < -0.4 is 4.74 Å². The minimum absolute atomic E-state index is 0.0545. The van der Waals surface area contributed by atoms with E-state index in [9.17, 15) is 48.3 Å². The lowest BCUT2D eigenvalue weighted by atomic mass is 9.68. The maximum absolute atomic E-state index is 14.7. The monoisotopic (exact) mass is 1170 g/mol. The average molecular weight is 1170 g/mol. The number of nitrogens with zero attached hydrogens (tertiary/aromatic N) is 6. The number of cyclic esters (lactones) is 1. The Balaban J connectivity index is 1.01. The van der Waals surface area contributed by atoms with Crippen LogP contribution in [0.15, 0.2) is 59.6 Å². The van der Waals surface area contributed by atoms with Gasteiger partial charge >= 0.3 is 5.97 Å². The maximum Gasteiger partial charge on any atom is 0.309 e. The van der Waals surface area contributed by atoms with Crippen LogP contribution in [0.2, 0.25) is 0 Å². The van der Waals surface area contributed by atoms with Gasteiger partial charge < -0.3 is 63.8 Å². The number of hydrogen-bond acceptors (Lipinski definition) is 20. The van der Waals surface area contributed by atoms with E-state index < -0.39 is 129 Å². The molecule has 3 saturated heterocycles. The molecule has 82 heavy (non-hydrogen) atoms. The molecule has 0 saturated carbocycles. The molecule has 1 aromatic heterocycles. The standard InChI is InChI=1S/C59H90N6O16S/c1-14-47-59(10,73)50(67)38(6)63(12)31-34(2)29-57(8,72)52(36(4)48(37(5)55(71)80-47)46-30-58(9,76-13)51(68)39(7)79-46)81-56-49(66)45(28-35(3)78-56)62(11)26-24-40-32-64(61-60-40)25-17-27-77-41-20-22-42(23-21-41)82(74,75)33-65-53(69)43-18-15-16-19-44(43)54(65)70/h15-16,18-23,32,34-39,45-52,56,66-68,72-73H,14,17,24-31,33H2,1-13H3/t34-,35-,36+,37-,38-,39+,45+,46?,47-,48+,49-,50-,51+,52-,56+,57-,58-,59-/m1/s1. The lowest BCUT2D eigenvalue weighted by molar-refractivity contribution is -0.302. The van der Waals surface area contributed by atoms with Gasteiger partial charge in [0.1, 0.15) is 41.6 Å². The number of aliphatic hydroxyl groups is 5. The van der Waals surface area contributed by atoms with Crippen molar-refractivity contribution in [2.45, 2.75) is 203 Å². The number of aromatic nitrogens is 3. The van der Waals surface area contributed by atoms with Crippen LogP contribution in [0.3, 0.4) is 0 Å². The number of benzene rings is 2. The highest BCUT2D eigenvalue weighted by Crippen LogP contribution is 2.45. The number of amides is 2. The molecule has 4 aliphatic rings. The second-order valence-corrected chi connectivity index (χ2v) is 26.5. The number of carbonyl (C=O) groups excluding carboxylic acids is 3. The Bertz CT molecular complexity index is 2730. The second-order valence-electron chi connectivity index (χ2n) is 24.5. The SMILES string of the molecule is CC[C@H]1OC(=O)[C@H](C)[C@@H](C2C[C@@](C)(OC)[C@@H](O)[C@H](C)O2)[C@H](C)[C@@H](O[C@@H]2O[C@H](C)C[C@H](N(C)CCc3cn(CCCOc4ccc(S(=O)(=O)CN5C(=O)c6ccccc6C5=O)cc4)nn3)[C@H]2O)[C@](C)(O)C[C@@H](C)CN(C)[C@H](C)[C@@H](O)[C@]1(C)O. The Hall–Kier alpha value is -4.50. The molecule has 7 rings (SSSR count). The van der Waals surface area contributed by atoms with Gasteiger partial charge in [0.25, 0.3) is 11.8 Å². The van der Waals surface area contributed by atoms with Crippen molar-refractivity contribution in [1.82, 2.24) is 29.7 Å². The number of likely N-dealkylation sites (N-methyl/N-ethyl adjacent to an activating group) is 2. The topological polar surface area (TPSA) is 282 Å². The summed E-state index contributed by atoms with van der Waals surface area (Å²) in [7, 11) is 1.23. The number of ether oxygens (including phenoxy) is 6. The van der Waals surface area contributed by atoms with Gasteiger partial charge in [-0.3, -0.25) is 24.0 Å². The van der Waals surface area contributed by atoms with Gasteiger partial charge in [0.2, 0.25) is 0 Å². The molecule has 0 aliphatic carbocycles. The highest BCUT2D eigenvalue weighted by Gasteiger charge is 2.55. The average Bonchev–Trinajstić information content (AvgIpc) is 4.04. The van der Waals surface area contributed by atoms with Crippen LogP contribution in [-0.4, -0.2) is 212 Å². The lowest BCUT2D eigenvalue weighted by Gasteiger charge is -2.51. The van der Waals surface area contributed by atoms with Crippen molar-refractivity contribution >= 4 is 27.6 Å². The molecule has 2 amide bonds. The number of methoxy groups -OCH3 is 1. The van der Waals surface area contributed by atoms with Gasteiger partial charge in [-0.05, 0) is 123 Å². The minimum Gasteiger partial charge on any atom is -0.494 e. The summed E-state index contributed by atoms with van der Waals surface area (Å²) in [6.07, 6.45) is -4.85. The van der Waals surface area contributed by atoms with E-state index in [0.29, 0.717) is 51.3 Å². The van der Waals surface area contributed by atoms with Crippen molar-refractivity contribution in [3.63, 3.8) is 0 Å². The third-order valence-corrected chi connectivity index (χ3v) is 19.5. The van der Waals surface area contributed by atoms with Crippen molar-refractivity contribution in [3.8, 4) is 5.75 Å². The number of sulfone groups is 1. The first-order chi connectivity index (χ1) is 38.4. The fourth-order valence-electron chi connectivity index (χ4n) is 13.0. The van der Waals surface area contributed by atoms with Crippen molar-refractivity contribution in [2.75, 3.05) is 46.8 Å². The van der Waals surface area contributed by atoms with Gasteiger partial charge in [0, 0.05) is 70.2 Å². The lowest BCUT2D eigenvalue weighted by Crippen LogP contribution is -2.62. The number of rotatable bonds is 17. The van der Waals surface area contributed by atoms with Gasteiger partial charge in [0.15, 0.2) is 16.1 Å². The summed E-state index contributed by atoms with van der Waals surface area (Å²) in [6, 6.07) is 11.0. The smallest absolute Gasteiger partial charge is 0.309 e. The number of esters is 1.